The van der Waals surface area contributed by atoms with Gasteiger partial charge in [-0.2, -0.15) is 0 Å². The first-order valence-electron chi connectivity index (χ1n) is 6.47. The van der Waals surface area contributed by atoms with E-state index in [9.17, 15) is 8.42 Å². The molecule has 2 N–H and O–H groups in total. The van der Waals surface area contributed by atoms with Crippen molar-refractivity contribution in [3.05, 3.63) is 36.0 Å². The van der Waals surface area contributed by atoms with E-state index in [-0.39, 0.29) is 11.3 Å². The van der Waals surface area contributed by atoms with Crippen molar-refractivity contribution in [2.75, 3.05) is 11.5 Å². The predicted molar refractivity (Wildman–Crippen MR) is 76.8 cm³/mol. The average molecular weight is 278 g/mol. The summed E-state index contributed by atoms with van der Waals surface area (Å²) in [6.07, 6.45) is 2.62. The molecule has 1 aliphatic rings. The molecule has 1 fully saturated rings. The zero-order chi connectivity index (χ0) is 13.5. The summed E-state index contributed by atoms with van der Waals surface area (Å²) < 4.78 is 23.1. The van der Waals surface area contributed by atoms with Crippen LogP contribution in [0.15, 0.2) is 30.5 Å². The molecule has 0 radical (unpaired) electrons. The van der Waals surface area contributed by atoms with E-state index in [4.69, 9.17) is 0 Å². The molecule has 19 heavy (non-hydrogen) atoms. The molecule has 0 aliphatic carbocycles. The summed E-state index contributed by atoms with van der Waals surface area (Å²) in [5, 5.41) is 4.58. The summed E-state index contributed by atoms with van der Waals surface area (Å²) in [5.74, 6) is 0.541. The first kappa shape index (κ1) is 12.7. The second-order valence-corrected chi connectivity index (χ2v) is 7.84. The van der Waals surface area contributed by atoms with Crippen LogP contribution in [0.5, 0.6) is 0 Å². The lowest BCUT2D eigenvalue weighted by atomic mass is 10.0. The van der Waals surface area contributed by atoms with E-state index >= 15 is 0 Å². The Hall–Kier alpha value is -1.33. The van der Waals surface area contributed by atoms with Crippen LogP contribution in [-0.4, -0.2) is 30.4 Å². The number of aromatic amines is 1. The fourth-order valence-electron chi connectivity index (χ4n) is 2.68. The number of H-pyrrole nitrogens is 1. The van der Waals surface area contributed by atoms with Crippen molar-refractivity contribution in [3.8, 4) is 0 Å². The van der Waals surface area contributed by atoms with Crippen LogP contribution in [0.4, 0.5) is 0 Å². The number of fused-ring (bicyclic) bond motifs is 1. The van der Waals surface area contributed by atoms with E-state index in [0.29, 0.717) is 18.7 Å². The van der Waals surface area contributed by atoms with Gasteiger partial charge in [-0.25, -0.2) is 8.42 Å². The molecule has 0 spiro atoms. The molecule has 4 nitrogen and oxygen atoms in total. The van der Waals surface area contributed by atoms with Crippen LogP contribution in [0, 0.1) is 0 Å². The maximum atomic E-state index is 11.6. The van der Waals surface area contributed by atoms with Gasteiger partial charge in [-0.1, -0.05) is 6.07 Å². The molecule has 1 saturated heterocycles. The van der Waals surface area contributed by atoms with Gasteiger partial charge in [-0.05, 0) is 42.5 Å². The highest BCUT2D eigenvalue weighted by Crippen LogP contribution is 2.23. The van der Waals surface area contributed by atoms with Crippen molar-refractivity contribution in [2.24, 2.45) is 0 Å². The quantitative estimate of drug-likeness (QED) is 0.900. The summed E-state index contributed by atoms with van der Waals surface area (Å²) in [6.45, 7) is 2.69. The van der Waals surface area contributed by atoms with Gasteiger partial charge in [0.25, 0.3) is 0 Å². The fourth-order valence-corrected chi connectivity index (χ4v) is 4.80. The molecule has 2 aromatic rings. The summed E-state index contributed by atoms with van der Waals surface area (Å²) >= 11 is 0. The van der Waals surface area contributed by atoms with Gasteiger partial charge in [0.15, 0.2) is 9.84 Å². The number of benzene rings is 1. The van der Waals surface area contributed by atoms with Crippen LogP contribution in [0.2, 0.25) is 0 Å². The Morgan fingerprint density at radius 2 is 2.21 bits per heavy atom. The van der Waals surface area contributed by atoms with E-state index in [0.717, 1.165) is 5.52 Å². The van der Waals surface area contributed by atoms with E-state index in [1.54, 1.807) is 0 Å². The molecule has 0 bridgehead atoms. The van der Waals surface area contributed by atoms with Gasteiger partial charge in [-0.15, -0.1) is 0 Å². The lowest BCUT2D eigenvalue weighted by Gasteiger charge is -2.24. The normalized spacial score (nSPS) is 25.9. The number of hydrogen-bond acceptors (Lipinski definition) is 3. The molecule has 3 rings (SSSR count). The van der Waals surface area contributed by atoms with Crippen LogP contribution in [0.3, 0.4) is 0 Å². The molecule has 1 unspecified atom stereocenters. The second-order valence-electron chi connectivity index (χ2n) is 5.66. The standard InChI is InChI=1S/C14H18N2O2S/c1-14(5-7-19(17,18)10-14)16-9-11-2-3-13-12(8-11)4-6-15-13/h2-4,6,8,15-16H,5,7,9-10H2,1H3. The predicted octanol–water partition coefficient (Wildman–Crippen LogP) is 1.83. The highest BCUT2D eigenvalue weighted by Gasteiger charge is 2.37. The summed E-state index contributed by atoms with van der Waals surface area (Å²) in [4.78, 5) is 3.16. The molecular weight excluding hydrogens is 260 g/mol. The fraction of sp³-hybridized carbons (Fsp3) is 0.429. The van der Waals surface area contributed by atoms with E-state index in [1.807, 2.05) is 19.2 Å². The van der Waals surface area contributed by atoms with Gasteiger partial charge >= 0.3 is 0 Å². The monoisotopic (exact) mass is 278 g/mol. The molecule has 0 amide bonds. The Labute approximate surface area is 113 Å². The van der Waals surface area contributed by atoms with Gasteiger partial charge in [0.1, 0.15) is 0 Å². The average Bonchev–Trinajstić information content (AvgIpc) is 2.91. The summed E-state index contributed by atoms with van der Waals surface area (Å²) in [7, 11) is -2.85. The summed E-state index contributed by atoms with van der Waals surface area (Å²) in [5.41, 5.74) is 2.02. The minimum atomic E-state index is -2.85. The number of hydrogen-bond donors (Lipinski definition) is 2. The number of aromatic nitrogens is 1. The molecule has 102 valence electrons. The SMILES string of the molecule is CC1(NCc2ccc3[nH]ccc3c2)CCS(=O)(=O)C1. The molecule has 2 heterocycles. The number of sulfone groups is 1. The van der Waals surface area contributed by atoms with Crippen LogP contribution >= 0.6 is 0 Å². The largest absolute Gasteiger partial charge is 0.361 e. The van der Waals surface area contributed by atoms with Crippen LogP contribution in [0.1, 0.15) is 18.9 Å². The Morgan fingerprint density at radius 3 is 2.95 bits per heavy atom. The molecule has 1 aromatic heterocycles. The third-order valence-corrected chi connectivity index (χ3v) is 5.74. The molecule has 1 aromatic carbocycles. The zero-order valence-corrected chi connectivity index (χ0v) is 11.8. The van der Waals surface area contributed by atoms with E-state index in [2.05, 4.69) is 28.5 Å². The lowest BCUT2D eigenvalue weighted by molar-refractivity contribution is 0.395. The third kappa shape index (κ3) is 2.67. The Bertz CT molecular complexity index is 705. The van der Waals surface area contributed by atoms with Crippen molar-refractivity contribution >= 4 is 20.7 Å². The maximum Gasteiger partial charge on any atom is 0.152 e. The van der Waals surface area contributed by atoms with Crippen molar-refractivity contribution in [3.63, 3.8) is 0 Å². The van der Waals surface area contributed by atoms with Gasteiger partial charge in [-0.3, -0.25) is 0 Å². The molecule has 1 atom stereocenters. The van der Waals surface area contributed by atoms with Crippen molar-refractivity contribution in [1.29, 1.82) is 0 Å². The van der Waals surface area contributed by atoms with E-state index < -0.39 is 9.84 Å². The Morgan fingerprint density at radius 1 is 1.37 bits per heavy atom. The van der Waals surface area contributed by atoms with Gasteiger partial charge in [0.2, 0.25) is 0 Å². The van der Waals surface area contributed by atoms with Crippen LogP contribution in [-0.2, 0) is 16.4 Å². The van der Waals surface area contributed by atoms with Gasteiger partial charge < -0.3 is 10.3 Å². The number of nitrogens with one attached hydrogen (secondary N) is 2. The zero-order valence-electron chi connectivity index (χ0n) is 10.9. The highest BCUT2D eigenvalue weighted by atomic mass is 32.2. The molecule has 1 aliphatic heterocycles. The second kappa shape index (κ2) is 4.35. The van der Waals surface area contributed by atoms with Crippen LogP contribution in [0.25, 0.3) is 10.9 Å². The van der Waals surface area contributed by atoms with Gasteiger partial charge in [0, 0.05) is 23.8 Å². The van der Waals surface area contributed by atoms with E-state index in [1.165, 1.54) is 10.9 Å². The smallest absolute Gasteiger partial charge is 0.152 e. The van der Waals surface area contributed by atoms with Crippen molar-refractivity contribution < 1.29 is 8.42 Å². The van der Waals surface area contributed by atoms with Gasteiger partial charge in [0.05, 0.1) is 11.5 Å². The first-order chi connectivity index (χ1) is 8.96. The number of rotatable bonds is 3. The molecule has 5 heteroatoms. The lowest BCUT2D eigenvalue weighted by Crippen LogP contribution is -2.42. The maximum absolute atomic E-state index is 11.6. The first-order valence-corrected chi connectivity index (χ1v) is 8.29. The molecular formula is C14H18N2O2S. The topological polar surface area (TPSA) is 62.0 Å². The minimum Gasteiger partial charge on any atom is -0.361 e. The van der Waals surface area contributed by atoms with Crippen molar-refractivity contribution in [2.45, 2.75) is 25.4 Å². The highest BCUT2D eigenvalue weighted by molar-refractivity contribution is 7.91. The minimum absolute atomic E-state index is 0.242. The summed E-state index contributed by atoms with van der Waals surface area (Å²) in [6, 6.07) is 8.30. The van der Waals surface area contributed by atoms with Crippen molar-refractivity contribution in [1.82, 2.24) is 10.3 Å². The van der Waals surface area contributed by atoms with Crippen LogP contribution < -0.4 is 5.32 Å². The Balaban J connectivity index is 1.72. The Kier molecular flexibility index (Phi) is 2.91. The third-order valence-electron chi connectivity index (χ3n) is 3.84. The molecule has 0 saturated carbocycles.